The van der Waals surface area contributed by atoms with Crippen molar-refractivity contribution >= 4 is 11.8 Å². The Morgan fingerprint density at radius 2 is 1.63 bits per heavy atom. The van der Waals surface area contributed by atoms with E-state index in [2.05, 4.69) is 10.6 Å². The quantitative estimate of drug-likeness (QED) is 0.700. The molecule has 5 nitrogen and oxygen atoms in total. The van der Waals surface area contributed by atoms with Gasteiger partial charge in [0.2, 0.25) is 11.8 Å². The van der Waals surface area contributed by atoms with Gasteiger partial charge in [-0.2, -0.15) is 0 Å². The normalized spacial score (nSPS) is 13.8. The Morgan fingerprint density at radius 1 is 1.11 bits per heavy atom. The van der Waals surface area contributed by atoms with Crippen LogP contribution in [0.2, 0.25) is 0 Å². The average Bonchev–Trinajstić information content (AvgIpc) is 2.22. The molecule has 5 heteroatoms. The van der Waals surface area contributed by atoms with Crippen LogP contribution in [-0.2, 0) is 9.59 Å². The smallest absolute Gasteiger partial charge is 0.239 e. The number of amides is 2. The van der Waals surface area contributed by atoms with E-state index in [9.17, 15) is 9.59 Å². The van der Waals surface area contributed by atoms with Gasteiger partial charge in [0.05, 0.1) is 6.54 Å². The summed E-state index contributed by atoms with van der Waals surface area (Å²) in [7, 11) is 0. The third-order valence-electron chi connectivity index (χ3n) is 2.89. The van der Waals surface area contributed by atoms with Gasteiger partial charge in [-0.25, -0.2) is 0 Å². The van der Waals surface area contributed by atoms with Crippen LogP contribution in [0.3, 0.4) is 0 Å². The van der Waals surface area contributed by atoms with Gasteiger partial charge in [0.25, 0.3) is 0 Å². The second-order valence-corrected chi connectivity index (χ2v) is 6.93. The molecular formula is C14H28N2O3. The van der Waals surface area contributed by atoms with E-state index in [4.69, 9.17) is 5.11 Å². The van der Waals surface area contributed by atoms with Crippen LogP contribution < -0.4 is 10.6 Å². The standard InChI is InChI=1S/C14H28N2O3/c1-13(2,3)10(7-8-17)16-11(18)9-15-12(19)14(4,5)6/h10,17H,7-9H2,1-6H3,(H,15,19)(H,16,18). The summed E-state index contributed by atoms with van der Waals surface area (Å²) in [5.41, 5.74) is -0.638. The Morgan fingerprint density at radius 3 is 2.00 bits per heavy atom. The number of carbonyl (C=O) groups is 2. The van der Waals surface area contributed by atoms with Gasteiger partial charge in [-0.05, 0) is 11.8 Å². The van der Waals surface area contributed by atoms with Gasteiger partial charge < -0.3 is 15.7 Å². The third kappa shape index (κ3) is 7.15. The number of hydrogen-bond donors (Lipinski definition) is 3. The number of nitrogens with one attached hydrogen (secondary N) is 2. The summed E-state index contributed by atoms with van der Waals surface area (Å²) in [5, 5.41) is 14.5. The largest absolute Gasteiger partial charge is 0.396 e. The molecule has 0 aliphatic heterocycles. The second kappa shape index (κ2) is 6.89. The molecule has 0 rings (SSSR count). The minimum atomic E-state index is -0.505. The highest BCUT2D eigenvalue weighted by molar-refractivity contribution is 5.87. The molecular weight excluding hydrogens is 244 g/mol. The van der Waals surface area contributed by atoms with Gasteiger partial charge in [0.15, 0.2) is 0 Å². The molecule has 0 saturated heterocycles. The fourth-order valence-corrected chi connectivity index (χ4v) is 1.52. The van der Waals surface area contributed by atoms with Crippen LogP contribution in [0.4, 0.5) is 0 Å². The van der Waals surface area contributed by atoms with Gasteiger partial charge >= 0.3 is 0 Å². The predicted octanol–water partition coefficient (Wildman–Crippen LogP) is 1.06. The molecule has 112 valence electrons. The molecule has 0 aromatic heterocycles. The fourth-order valence-electron chi connectivity index (χ4n) is 1.52. The van der Waals surface area contributed by atoms with E-state index in [1.807, 2.05) is 20.8 Å². The van der Waals surface area contributed by atoms with Crippen molar-refractivity contribution in [3.05, 3.63) is 0 Å². The lowest BCUT2D eigenvalue weighted by molar-refractivity contribution is -0.131. The van der Waals surface area contributed by atoms with E-state index in [1.165, 1.54) is 0 Å². The number of aliphatic hydroxyl groups is 1. The highest BCUT2D eigenvalue weighted by Crippen LogP contribution is 2.21. The van der Waals surface area contributed by atoms with Crippen LogP contribution in [0.25, 0.3) is 0 Å². The number of carbonyl (C=O) groups excluding carboxylic acids is 2. The first-order valence-corrected chi connectivity index (χ1v) is 6.67. The SMILES string of the molecule is CC(C)(C)C(=O)NCC(=O)NC(CCO)C(C)(C)C. The van der Waals surface area contributed by atoms with Crippen molar-refractivity contribution in [2.24, 2.45) is 10.8 Å². The molecule has 0 spiro atoms. The summed E-state index contributed by atoms with van der Waals surface area (Å²) >= 11 is 0. The zero-order valence-corrected chi connectivity index (χ0v) is 13.0. The van der Waals surface area contributed by atoms with Crippen LogP contribution in [0.15, 0.2) is 0 Å². The molecule has 0 aromatic carbocycles. The van der Waals surface area contributed by atoms with Crippen molar-refractivity contribution in [2.45, 2.75) is 54.0 Å². The Balaban J connectivity index is 4.33. The van der Waals surface area contributed by atoms with Crippen molar-refractivity contribution in [1.82, 2.24) is 10.6 Å². The van der Waals surface area contributed by atoms with E-state index in [1.54, 1.807) is 20.8 Å². The first-order chi connectivity index (χ1) is 8.48. The lowest BCUT2D eigenvalue weighted by Gasteiger charge is -2.31. The zero-order chi connectivity index (χ0) is 15.3. The monoisotopic (exact) mass is 272 g/mol. The van der Waals surface area contributed by atoms with Crippen LogP contribution >= 0.6 is 0 Å². The van der Waals surface area contributed by atoms with E-state index in [-0.39, 0.29) is 36.4 Å². The van der Waals surface area contributed by atoms with Gasteiger partial charge in [-0.3, -0.25) is 9.59 Å². The highest BCUT2D eigenvalue weighted by atomic mass is 16.3. The molecule has 0 aliphatic carbocycles. The number of rotatable bonds is 5. The summed E-state index contributed by atoms with van der Waals surface area (Å²) in [5.74, 6) is -0.386. The van der Waals surface area contributed by atoms with Gasteiger partial charge in [0, 0.05) is 18.1 Å². The minimum Gasteiger partial charge on any atom is -0.396 e. The molecule has 0 aliphatic rings. The van der Waals surface area contributed by atoms with Crippen molar-refractivity contribution in [2.75, 3.05) is 13.2 Å². The van der Waals surface area contributed by atoms with Crippen LogP contribution in [0.1, 0.15) is 48.0 Å². The molecule has 0 saturated carbocycles. The zero-order valence-electron chi connectivity index (χ0n) is 13.0. The van der Waals surface area contributed by atoms with Gasteiger partial charge in [-0.1, -0.05) is 41.5 Å². The minimum absolute atomic E-state index is 0.0244. The lowest BCUT2D eigenvalue weighted by Crippen LogP contribution is -2.49. The Kier molecular flexibility index (Phi) is 6.49. The van der Waals surface area contributed by atoms with E-state index in [0.717, 1.165) is 0 Å². The topological polar surface area (TPSA) is 78.4 Å². The third-order valence-corrected chi connectivity index (χ3v) is 2.89. The van der Waals surface area contributed by atoms with Gasteiger partial charge in [0.1, 0.15) is 0 Å². The summed E-state index contributed by atoms with van der Waals surface area (Å²) < 4.78 is 0. The predicted molar refractivity (Wildman–Crippen MR) is 75.6 cm³/mol. The summed E-state index contributed by atoms with van der Waals surface area (Å²) in [4.78, 5) is 23.4. The van der Waals surface area contributed by atoms with Crippen molar-refractivity contribution in [3.63, 3.8) is 0 Å². The molecule has 19 heavy (non-hydrogen) atoms. The maximum absolute atomic E-state index is 11.8. The molecule has 3 N–H and O–H groups in total. The summed E-state index contributed by atoms with van der Waals surface area (Å²) in [6.07, 6.45) is 0.502. The maximum Gasteiger partial charge on any atom is 0.239 e. The summed E-state index contributed by atoms with van der Waals surface area (Å²) in [6, 6.07) is -0.114. The molecule has 0 heterocycles. The highest BCUT2D eigenvalue weighted by Gasteiger charge is 2.26. The number of aliphatic hydroxyl groups excluding tert-OH is 1. The lowest BCUT2D eigenvalue weighted by atomic mass is 9.85. The molecule has 0 radical (unpaired) electrons. The Bertz CT molecular complexity index is 314. The molecule has 1 atom stereocenters. The van der Waals surface area contributed by atoms with E-state index in [0.29, 0.717) is 6.42 Å². The van der Waals surface area contributed by atoms with Gasteiger partial charge in [-0.15, -0.1) is 0 Å². The molecule has 0 fully saturated rings. The van der Waals surface area contributed by atoms with Crippen molar-refractivity contribution in [1.29, 1.82) is 0 Å². The van der Waals surface area contributed by atoms with E-state index >= 15 is 0 Å². The van der Waals surface area contributed by atoms with Crippen LogP contribution in [-0.4, -0.2) is 36.1 Å². The molecule has 2 amide bonds. The van der Waals surface area contributed by atoms with Crippen molar-refractivity contribution < 1.29 is 14.7 Å². The van der Waals surface area contributed by atoms with Crippen LogP contribution in [0, 0.1) is 10.8 Å². The molecule has 0 bridgehead atoms. The Hall–Kier alpha value is -1.10. The summed E-state index contributed by atoms with van der Waals surface area (Å²) in [6.45, 7) is 11.4. The molecule has 0 aromatic rings. The molecule has 1 unspecified atom stereocenters. The van der Waals surface area contributed by atoms with E-state index < -0.39 is 5.41 Å². The maximum atomic E-state index is 11.8. The average molecular weight is 272 g/mol. The first kappa shape index (κ1) is 17.9. The Labute approximate surface area is 116 Å². The van der Waals surface area contributed by atoms with Crippen molar-refractivity contribution in [3.8, 4) is 0 Å². The first-order valence-electron chi connectivity index (χ1n) is 6.67. The van der Waals surface area contributed by atoms with Crippen LogP contribution in [0.5, 0.6) is 0 Å². The fraction of sp³-hybridized carbons (Fsp3) is 0.857. The second-order valence-electron chi connectivity index (χ2n) is 6.93. The number of hydrogen-bond acceptors (Lipinski definition) is 3.